The molecule has 23 heavy (non-hydrogen) atoms. The van der Waals surface area contributed by atoms with E-state index in [9.17, 15) is 18.4 Å². The van der Waals surface area contributed by atoms with Crippen molar-refractivity contribution in [2.24, 2.45) is 0 Å². The van der Waals surface area contributed by atoms with E-state index in [1.54, 1.807) is 0 Å². The van der Waals surface area contributed by atoms with Crippen molar-refractivity contribution >= 4 is 27.8 Å². The van der Waals surface area contributed by atoms with Crippen LogP contribution >= 0.6 is 15.9 Å². The number of rotatable bonds is 5. The Morgan fingerprint density at radius 3 is 2.65 bits per heavy atom. The van der Waals surface area contributed by atoms with Crippen LogP contribution in [0.15, 0.2) is 39.4 Å². The van der Waals surface area contributed by atoms with Gasteiger partial charge < -0.3 is 14.5 Å². The Morgan fingerprint density at radius 2 is 2.04 bits per heavy atom. The molecule has 8 heteroatoms. The Hall–Kier alpha value is -2.22. The number of carbonyl (C=O) groups is 2. The highest BCUT2D eigenvalue weighted by molar-refractivity contribution is 9.10. The van der Waals surface area contributed by atoms with Gasteiger partial charge in [0.15, 0.2) is 11.3 Å². The number of hydrogen-bond donors (Lipinski definition) is 1. The molecule has 0 unspecified atom stereocenters. The molecule has 0 bridgehead atoms. The third-order valence-electron chi connectivity index (χ3n) is 2.92. The number of hydrogen-bond acceptors (Lipinski definition) is 4. The minimum atomic E-state index is -0.800. The lowest BCUT2D eigenvalue weighted by atomic mass is 10.1. The summed E-state index contributed by atoms with van der Waals surface area (Å²) in [5, 5.41) is 2.45. The number of ether oxygens (including phenoxy) is 1. The summed E-state index contributed by atoms with van der Waals surface area (Å²) < 4.78 is 36.6. The molecule has 0 aliphatic rings. The van der Waals surface area contributed by atoms with Crippen LogP contribution in [0.3, 0.4) is 0 Å². The highest BCUT2D eigenvalue weighted by Crippen LogP contribution is 2.18. The maximum Gasteiger partial charge on any atom is 0.374 e. The average Bonchev–Trinajstić information content (AvgIpc) is 2.91. The van der Waals surface area contributed by atoms with Crippen molar-refractivity contribution in [3.63, 3.8) is 0 Å². The third kappa shape index (κ3) is 4.62. The zero-order valence-electron chi connectivity index (χ0n) is 11.9. The maximum absolute atomic E-state index is 13.6. The molecule has 0 spiro atoms. The van der Waals surface area contributed by atoms with Gasteiger partial charge in [0.2, 0.25) is 5.76 Å². The van der Waals surface area contributed by atoms with Crippen LogP contribution in [-0.4, -0.2) is 18.5 Å². The molecule has 0 aliphatic carbocycles. The number of halogens is 3. The average molecular weight is 388 g/mol. The topological polar surface area (TPSA) is 68.5 Å². The smallest absolute Gasteiger partial charge is 0.374 e. The monoisotopic (exact) mass is 387 g/mol. The first-order valence-electron chi connectivity index (χ1n) is 6.53. The minimum absolute atomic E-state index is 0.0534. The van der Waals surface area contributed by atoms with E-state index in [4.69, 9.17) is 9.15 Å². The van der Waals surface area contributed by atoms with Crippen LogP contribution in [0.2, 0.25) is 0 Å². The first-order valence-corrected chi connectivity index (χ1v) is 7.33. The van der Waals surface area contributed by atoms with E-state index in [0.717, 1.165) is 12.1 Å². The lowest BCUT2D eigenvalue weighted by molar-refractivity contribution is -0.124. The number of benzene rings is 1. The second-order valence-electron chi connectivity index (χ2n) is 4.63. The second-order valence-corrected chi connectivity index (χ2v) is 5.42. The van der Waals surface area contributed by atoms with Gasteiger partial charge in [-0.2, -0.15) is 0 Å². The van der Waals surface area contributed by atoms with Crippen molar-refractivity contribution in [3.05, 3.63) is 58.0 Å². The molecule has 1 heterocycles. The van der Waals surface area contributed by atoms with Gasteiger partial charge in [-0.3, -0.25) is 4.79 Å². The molecular formula is C15H12BrF2NO4. The minimum Gasteiger partial charge on any atom is -0.450 e. The van der Waals surface area contributed by atoms with Gasteiger partial charge in [0.05, 0.1) is 6.04 Å². The zero-order valence-corrected chi connectivity index (χ0v) is 13.5. The van der Waals surface area contributed by atoms with Gasteiger partial charge in [-0.1, -0.05) is 6.07 Å². The van der Waals surface area contributed by atoms with Gasteiger partial charge in [0.25, 0.3) is 5.91 Å². The first-order chi connectivity index (χ1) is 10.9. The molecule has 1 amide bonds. The third-order valence-corrected chi connectivity index (χ3v) is 3.34. The van der Waals surface area contributed by atoms with Crippen molar-refractivity contribution in [2.75, 3.05) is 6.61 Å². The SMILES string of the molecule is C[C@H](NC(=O)COC(=O)c1ccc(Br)o1)c1ccc(F)cc1F. The van der Waals surface area contributed by atoms with Crippen LogP contribution in [0.25, 0.3) is 0 Å². The molecule has 1 N–H and O–H groups in total. The summed E-state index contributed by atoms with van der Waals surface area (Å²) in [6.07, 6.45) is 0. The van der Waals surface area contributed by atoms with E-state index in [2.05, 4.69) is 21.2 Å². The van der Waals surface area contributed by atoms with Crippen molar-refractivity contribution in [1.82, 2.24) is 5.32 Å². The Balaban J connectivity index is 1.88. The summed E-state index contributed by atoms with van der Waals surface area (Å²) in [7, 11) is 0. The second kappa shape index (κ2) is 7.36. The van der Waals surface area contributed by atoms with E-state index >= 15 is 0 Å². The van der Waals surface area contributed by atoms with Crippen molar-refractivity contribution in [1.29, 1.82) is 0 Å². The van der Waals surface area contributed by atoms with Crippen LogP contribution in [-0.2, 0) is 9.53 Å². The summed E-state index contributed by atoms with van der Waals surface area (Å²) >= 11 is 3.03. The molecule has 2 rings (SSSR count). The fourth-order valence-electron chi connectivity index (χ4n) is 1.84. The van der Waals surface area contributed by atoms with E-state index in [1.165, 1.54) is 25.1 Å². The van der Waals surface area contributed by atoms with Gasteiger partial charge in [-0.05, 0) is 41.1 Å². The molecule has 122 valence electrons. The highest BCUT2D eigenvalue weighted by Gasteiger charge is 2.17. The van der Waals surface area contributed by atoms with Gasteiger partial charge in [0, 0.05) is 11.6 Å². The fourth-order valence-corrected chi connectivity index (χ4v) is 2.15. The van der Waals surface area contributed by atoms with Gasteiger partial charge in [0.1, 0.15) is 11.6 Å². The van der Waals surface area contributed by atoms with Crippen LogP contribution in [0.4, 0.5) is 8.78 Å². The highest BCUT2D eigenvalue weighted by atomic mass is 79.9. The molecule has 0 fully saturated rings. The van der Waals surface area contributed by atoms with E-state index in [1.807, 2.05) is 0 Å². The Bertz CT molecular complexity index is 732. The number of amides is 1. The number of furan rings is 1. The molecule has 0 radical (unpaired) electrons. The normalized spacial score (nSPS) is 11.8. The number of carbonyl (C=O) groups excluding carboxylic acids is 2. The van der Waals surface area contributed by atoms with Crippen molar-refractivity contribution < 1.29 is 27.5 Å². The van der Waals surface area contributed by atoms with E-state index in [0.29, 0.717) is 4.67 Å². The molecule has 5 nitrogen and oxygen atoms in total. The van der Waals surface area contributed by atoms with Crippen molar-refractivity contribution in [3.8, 4) is 0 Å². The van der Waals surface area contributed by atoms with Gasteiger partial charge in [-0.25, -0.2) is 13.6 Å². The molecule has 1 atom stereocenters. The Labute approximate surface area is 138 Å². The summed E-state index contributed by atoms with van der Waals surface area (Å²) in [5.74, 6) is -2.95. The molecule has 1 aromatic carbocycles. The van der Waals surface area contributed by atoms with Crippen LogP contribution < -0.4 is 5.32 Å². The summed E-state index contributed by atoms with van der Waals surface area (Å²) in [5.41, 5.74) is 0.126. The predicted molar refractivity (Wildman–Crippen MR) is 79.6 cm³/mol. The summed E-state index contributed by atoms with van der Waals surface area (Å²) in [6, 6.07) is 5.25. The van der Waals surface area contributed by atoms with Gasteiger partial charge >= 0.3 is 5.97 Å². The first kappa shape index (κ1) is 17.1. The van der Waals surface area contributed by atoms with E-state index in [-0.39, 0.29) is 11.3 Å². The number of nitrogens with one attached hydrogen (secondary N) is 1. The van der Waals surface area contributed by atoms with Crippen LogP contribution in [0.1, 0.15) is 29.1 Å². The van der Waals surface area contributed by atoms with Gasteiger partial charge in [-0.15, -0.1) is 0 Å². The zero-order chi connectivity index (χ0) is 17.0. The van der Waals surface area contributed by atoms with E-state index < -0.39 is 36.2 Å². The Kier molecular flexibility index (Phi) is 5.49. The molecule has 0 saturated heterocycles. The maximum atomic E-state index is 13.6. The van der Waals surface area contributed by atoms with Crippen molar-refractivity contribution in [2.45, 2.75) is 13.0 Å². The van der Waals surface area contributed by atoms with Crippen LogP contribution in [0, 0.1) is 11.6 Å². The number of esters is 1. The molecule has 0 saturated carbocycles. The molecule has 1 aromatic heterocycles. The fraction of sp³-hybridized carbons (Fsp3) is 0.200. The summed E-state index contributed by atoms with van der Waals surface area (Å²) in [4.78, 5) is 23.3. The summed E-state index contributed by atoms with van der Waals surface area (Å²) in [6.45, 7) is 0.976. The molecule has 0 aliphatic heterocycles. The molecule has 2 aromatic rings. The lowest BCUT2D eigenvalue weighted by Crippen LogP contribution is -2.31. The Morgan fingerprint density at radius 1 is 1.30 bits per heavy atom. The predicted octanol–water partition coefficient (Wildman–Crippen LogP) is 3.35. The lowest BCUT2D eigenvalue weighted by Gasteiger charge is -2.15. The quantitative estimate of drug-likeness (QED) is 0.798. The standard InChI is InChI=1S/C15H12BrF2NO4/c1-8(10-3-2-9(17)6-11(10)18)19-14(20)7-22-15(21)12-4-5-13(16)23-12/h2-6,8H,7H2,1H3,(H,19,20)/t8-/m0/s1. The molecular weight excluding hydrogens is 376 g/mol. The largest absolute Gasteiger partial charge is 0.450 e. The van der Waals surface area contributed by atoms with Crippen LogP contribution in [0.5, 0.6) is 0 Å².